The number of ether oxygens (including phenoxy) is 1. The molecule has 11 heavy (non-hydrogen) atoms. The van der Waals surface area contributed by atoms with Crippen molar-refractivity contribution in [3.8, 4) is 0 Å². The number of hydrogen-bond donors (Lipinski definition) is 1. The summed E-state index contributed by atoms with van der Waals surface area (Å²) in [6, 6.07) is 0. The number of rotatable bonds is 4. The molecule has 0 saturated carbocycles. The van der Waals surface area contributed by atoms with Gasteiger partial charge in [0.05, 0.1) is 0 Å². The maximum Gasteiger partial charge on any atom is 0.133 e. The molecule has 0 aromatic heterocycles. The monoisotopic (exact) mass is 157 g/mol. The molecular formula is C9H19NO. The topological polar surface area (TPSA) is 38.5 Å². The predicted molar refractivity (Wildman–Crippen MR) is 46.1 cm³/mol. The van der Waals surface area contributed by atoms with Crippen molar-refractivity contribution in [3.05, 3.63) is 0 Å². The van der Waals surface area contributed by atoms with Crippen molar-refractivity contribution < 1.29 is 4.74 Å². The second kappa shape index (κ2) is 3.55. The lowest BCUT2D eigenvalue weighted by molar-refractivity contribution is 0.293. The van der Waals surface area contributed by atoms with Gasteiger partial charge in [0.1, 0.15) is 12.3 Å². The summed E-state index contributed by atoms with van der Waals surface area (Å²) >= 11 is 0. The first kappa shape index (κ1) is 9.01. The molecule has 0 aromatic rings. The molecule has 1 rings (SSSR count). The highest BCUT2D eigenvalue weighted by Crippen LogP contribution is 2.30. The Balaban J connectivity index is 2.16. The smallest absolute Gasteiger partial charge is 0.133 e. The van der Waals surface area contributed by atoms with Crippen molar-refractivity contribution in [1.29, 1.82) is 0 Å². The Labute approximate surface area is 69.1 Å². The van der Waals surface area contributed by atoms with Crippen LogP contribution in [-0.2, 0) is 4.74 Å². The zero-order valence-corrected chi connectivity index (χ0v) is 7.71. The summed E-state index contributed by atoms with van der Waals surface area (Å²) in [5, 5.41) is 0. The summed E-state index contributed by atoms with van der Waals surface area (Å²) in [4.78, 5) is 0. The predicted octanol–water partition coefficient (Wildman–Crippen LogP) is 1.74. The van der Waals surface area contributed by atoms with Gasteiger partial charge in [-0.2, -0.15) is 0 Å². The van der Waals surface area contributed by atoms with Gasteiger partial charge in [0.25, 0.3) is 0 Å². The Kier molecular flexibility index (Phi) is 2.90. The molecule has 0 aromatic carbocycles. The van der Waals surface area contributed by atoms with Crippen molar-refractivity contribution in [3.63, 3.8) is 0 Å². The lowest BCUT2D eigenvalue weighted by Gasteiger charge is -2.12. The molecule has 1 heterocycles. The molecule has 1 aliphatic heterocycles. The summed E-state index contributed by atoms with van der Waals surface area (Å²) < 4.78 is 5.20. The Bertz CT molecular complexity index is 127. The molecule has 1 aliphatic rings. The minimum absolute atomic E-state index is 0.0362. The molecule has 4 atom stereocenters. The molecule has 0 bridgehead atoms. The maximum atomic E-state index is 5.56. The summed E-state index contributed by atoms with van der Waals surface area (Å²) in [7, 11) is 0. The van der Waals surface area contributed by atoms with Crippen LogP contribution in [0, 0.1) is 11.8 Å². The van der Waals surface area contributed by atoms with E-state index in [-0.39, 0.29) is 6.23 Å². The summed E-state index contributed by atoms with van der Waals surface area (Å²) in [6.07, 6.45) is 2.89. The summed E-state index contributed by atoms with van der Waals surface area (Å²) in [5.74, 6) is 1.45. The van der Waals surface area contributed by atoms with Gasteiger partial charge in [-0.15, -0.1) is 0 Å². The van der Waals surface area contributed by atoms with Crippen LogP contribution >= 0.6 is 0 Å². The van der Waals surface area contributed by atoms with Gasteiger partial charge in [0.2, 0.25) is 0 Å². The SMILES string of the molecule is CCC(C)CC(C)C1OC1N. The lowest BCUT2D eigenvalue weighted by atomic mass is 9.93. The van der Waals surface area contributed by atoms with Crippen LogP contribution in [0.15, 0.2) is 0 Å². The van der Waals surface area contributed by atoms with Gasteiger partial charge in [0, 0.05) is 0 Å². The van der Waals surface area contributed by atoms with E-state index >= 15 is 0 Å². The molecule has 1 saturated heterocycles. The zero-order valence-electron chi connectivity index (χ0n) is 7.71. The fourth-order valence-electron chi connectivity index (χ4n) is 1.53. The second-order valence-corrected chi connectivity index (χ2v) is 3.79. The second-order valence-electron chi connectivity index (χ2n) is 3.79. The van der Waals surface area contributed by atoms with E-state index in [2.05, 4.69) is 20.8 Å². The molecule has 0 amide bonds. The van der Waals surface area contributed by atoms with Crippen molar-refractivity contribution in [2.24, 2.45) is 17.6 Å². The summed E-state index contributed by atoms with van der Waals surface area (Å²) in [5.41, 5.74) is 5.56. The van der Waals surface area contributed by atoms with Crippen LogP contribution in [0.4, 0.5) is 0 Å². The fourth-order valence-corrected chi connectivity index (χ4v) is 1.53. The van der Waals surface area contributed by atoms with Gasteiger partial charge in [-0.25, -0.2) is 0 Å². The van der Waals surface area contributed by atoms with Crippen molar-refractivity contribution in [2.75, 3.05) is 0 Å². The first-order valence-electron chi connectivity index (χ1n) is 4.56. The van der Waals surface area contributed by atoms with Crippen LogP contribution in [0.25, 0.3) is 0 Å². The van der Waals surface area contributed by atoms with Crippen LogP contribution in [0.2, 0.25) is 0 Å². The van der Waals surface area contributed by atoms with Crippen LogP contribution in [0.3, 0.4) is 0 Å². The normalized spacial score (nSPS) is 34.9. The first-order chi connectivity index (χ1) is 5.15. The molecule has 66 valence electrons. The van der Waals surface area contributed by atoms with E-state index in [1.54, 1.807) is 0 Å². The van der Waals surface area contributed by atoms with E-state index in [0.717, 1.165) is 5.92 Å². The quantitative estimate of drug-likeness (QED) is 0.631. The van der Waals surface area contributed by atoms with E-state index < -0.39 is 0 Å². The molecule has 4 unspecified atom stereocenters. The van der Waals surface area contributed by atoms with Gasteiger partial charge in [0.15, 0.2) is 0 Å². The third kappa shape index (κ3) is 2.46. The highest BCUT2D eigenvalue weighted by atomic mass is 16.6. The average molecular weight is 157 g/mol. The van der Waals surface area contributed by atoms with E-state index in [1.807, 2.05) is 0 Å². The lowest BCUT2D eigenvalue weighted by Crippen LogP contribution is -2.14. The number of hydrogen-bond acceptors (Lipinski definition) is 2. The molecule has 2 N–H and O–H groups in total. The fraction of sp³-hybridized carbons (Fsp3) is 1.00. The zero-order chi connectivity index (χ0) is 8.43. The number of nitrogens with two attached hydrogens (primary N) is 1. The molecule has 1 fully saturated rings. The molecule has 2 heteroatoms. The largest absolute Gasteiger partial charge is 0.353 e. The van der Waals surface area contributed by atoms with Crippen molar-refractivity contribution in [2.45, 2.75) is 45.9 Å². The van der Waals surface area contributed by atoms with E-state index in [0.29, 0.717) is 12.0 Å². The maximum absolute atomic E-state index is 5.56. The van der Waals surface area contributed by atoms with Gasteiger partial charge >= 0.3 is 0 Å². The molecule has 2 nitrogen and oxygen atoms in total. The average Bonchev–Trinajstić information content (AvgIpc) is 2.66. The first-order valence-corrected chi connectivity index (χ1v) is 4.56. The Morgan fingerprint density at radius 3 is 2.36 bits per heavy atom. The van der Waals surface area contributed by atoms with E-state index in [9.17, 15) is 0 Å². The number of epoxide rings is 1. The van der Waals surface area contributed by atoms with Gasteiger partial charge in [-0.3, -0.25) is 0 Å². The minimum atomic E-state index is 0.0362. The van der Waals surface area contributed by atoms with Crippen LogP contribution in [0.5, 0.6) is 0 Å². The van der Waals surface area contributed by atoms with Crippen molar-refractivity contribution >= 4 is 0 Å². The Hall–Kier alpha value is -0.0800. The van der Waals surface area contributed by atoms with E-state index in [4.69, 9.17) is 10.5 Å². The van der Waals surface area contributed by atoms with Crippen LogP contribution < -0.4 is 5.73 Å². The highest BCUT2D eigenvalue weighted by molar-refractivity contribution is 4.84. The van der Waals surface area contributed by atoms with Gasteiger partial charge < -0.3 is 10.5 Å². The third-order valence-electron chi connectivity index (χ3n) is 2.59. The van der Waals surface area contributed by atoms with E-state index in [1.165, 1.54) is 12.8 Å². The highest BCUT2D eigenvalue weighted by Gasteiger charge is 2.39. The molecule has 0 radical (unpaired) electrons. The minimum Gasteiger partial charge on any atom is -0.353 e. The molecule has 0 spiro atoms. The molecular weight excluding hydrogens is 138 g/mol. The van der Waals surface area contributed by atoms with Crippen LogP contribution in [0.1, 0.15) is 33.6 Å². The van der Waals surface area contributed by atoms with Gasteiger partial charge in [-0.05, 0) is 18.3 Å². The van der Waals surface area contributed by atoms with Crippen LogP contribution in [-0.4, -0.2) is 12.3 Å². The molecule has 0 aliphatic carbocycles. The summed E-state index contributed by atoms with van der Waals surface area (Å²) in [6.45, 7) is 6.74. The third-order valence-corrected chi connectivity index (χ3v) is 2.59. The standard InChI is InChI=1S/C9H19NO/c1-4-6(2)5-7(3)8-9(10)11-8/h6-9H,4-5,10H2,1-3H3. The Morgan fingerprint density at radius 1 is 1.45 bits per heavy atom. The van der Waals surface area contributed by atoms with Crippen molar-refractivity contribution in [1.82, 2.24) is 0 Å². The van der Waals surface area contributed by atoms with Gasteiger partial charge in [-0.1, -0.05) is 27.2 Å². The Morgan fingerprint density at radius 2 is 2.00 bits per heavy atom.